The van der Waals surface area contributed by atoms with Crippen molar-refractivity contribution in [3.8, 4) is 12.1 Å². The Morgan fingerprint density at radius 1 is 0.600 bits per heavy atom. The molecule has 0 fully saturated rings. The number of thiophene rings is 4. The zero-order valence-electron chi connectivity index (χ0n) is 10.5. The molecular weight excluding hydrogens is 324 g/mol. The fourth-order valence-corrected chi connectivity index (χ4v) is 8.10. The fraction of sp³-hybridized carbons (Fsp3) is 0.143. The average Bonchev–Trinajstić information content (AvgIpc) is 3.07. The minimum absolute atomic E-state index is 0.820. The molecule has 0 atom stereocenters. The third kappa shape index (κ3) is 1.35. The lowest BCUT2D eigenvalue weighted by molar-refractivity contribution is 1.49. The molecule has 0 saturated carbocycles. The Hall–Kier alpha value is -1.44. The van der Waals surface area contributed by atoms with Crippen LogP contribution in [0.2, 0.25) is 0 Å². The number of nitrogens with zero attached hydrogens (tertiary/aromatic N) is 2. The molecule has 0 amide bonds. The van der Waals surface area contributed by atoms with Crippen molar-refractivity contribution in [2.24, 2.45) is 0 Å². The average molecular weight is 330 g/mol. The minimum Gasteiger partial charge on any atom is -0.192 e. The first-order valence-electron chi connectivity index (χ1n) is 5.83. The van der Waals surface area contributed by atoms with Crippen LogP contribution in [-0.4, -0.2) is 0 Å². The molecule has 6 heteroatoms. The standard InChI is InChI=1S/C14H6N2S4/c1-5-7(3-15)9-11(17-5)13-14(19-9)12-10(20-13)8(4-16)6(2)18-12/h1-2H3. The number of hydrogen-bond acceptors (Lipinski definition) is 6. The van der Waals surface area contributed by atoms with Crippen LogP contribution < -0.4 is 0 Å². The molecule has 4 heterocycles. The zero-order chi connectivity index (χ0) is 14.0. The summed E-state index contributed by atoms with van der Waals surface area (Å²) in [7, 11) is 0. The lowest BCUT2D eigenvalue weighted by Gasteiger charge is -1.83. The Morgan fingerprint density at radius 3 is 1.30 bits per heavy atom. The van der Waals surface area contributed by atoms with Gasteiger partial charge in [-0.25, -0.2) is 0 Å². The molecule has 0 spiro atoms. The van der Waals surface area contributed by atoms with Gasteiger partial charge in [0.2, 0.25) is 0 Å². The van der Waals surface area contributed by atoms with E-state index in [1.807, 2.05) is 13.8 Å². The summed E-state index contributed by atoms with van der Waals surface area (Å²) in [4.78, 5) is 2.17. The Bertz CT molecular complexity index is 1000. The van der Waals surface area contributed by atoms with Crippen molar-refractivity contribution in [1.29, 1.82) is 10.5 Å². The fourth-order valence-electron chi connectivity index (χ4n) is 2.40. The molecule has 0 aliphatic heterocycles. The predicted molar refractivity (Wildman–Crippen MR) is 89.4 cm³/mol. The van der Waals surface area contributed by atoms with Crippen LogP contribution in [-0.2, 0) is 0 Å². The quantitative estimate of drug-likeness (QED) is 0.412. The lowest BCUT2D eigenvalue weighted by atomic mass is 10.3. The molecule has 4 aromatic rings. The molecule has 2 nitrogen and oxygen atoms in total. The molecule has 0 aromatic carbocycles. The van der Waals surface area contributed by atoms with Crippen LogP contribution in [0.4, 0.5) is 0 Å². The van der Waals surface area contributed by atoms with Gasteiger partial charge in [0.1, 0.15) is 12.1 Å². The third-order valence-corrected chi connectivity index (χ3v) is 8.67. The van der Waals surface area contributed by atoms with Gasteiger partial charge >= 0.3 is 0 Å². The number of aryl methyl sites for hydroxylation is 2. The maximum Gasteiger partial charge on any atom is 0.102 e. The highest BCUT2D eigenvalue weighted by Gasteiger charge is 2.21. The molecule has 0 bridgehead atoms. The number of hydrogen-bond donors (Lipinski definition) is 0. The Balaban J connectivity index is 2.24. The number of rotatable bonds is 0. The van der Waals surface area contributed by atoms with E-state index in [9.17, 15) is 10.5 Å². The molecule has 20 heavy (non-hydrogen) atoms. The minimum atomic E-state index is 0.820. The second-order valence-electron chi connectivity index (χ2n) is 4.47. The Morgan fingerprint density at radius 2 is 0.950 bits per heavy atom. The van der Waals surface area contributed by atoms with Gasteiger partial charge in [-0.05, 0) is 13.8 Å². The van der Waals surface area contributed by atoms with Crippen LogP contribution in [0.25, 0.3) is 28.2 Å². The van der Waals surface area contributed by atoms with Gasteiger partial charge in [0.05, 0.1) is 39.3 Å². The monoisotopic (exact) mass is 330 g/mol. The summed E-state index contributed by atoms with van der Waals surface area (Å²) in [6, 6.07) is 4.64. The van der Waals surface area contributed by atoms with Crippen molar-refractivity contribution >= 4 is 73.5 Å². The van der Waals surface area contributed by atoms with Crippen LogP contribution in [0.5, 0.6) is 0 Å². The van der Waals surface area contributed by atoms with Crippen molar-refractivity contribution in [3.63, 3.8) is 0 Å². The van der Waals surface area contributed by atoms with E-state index in [-0.39, 0.29) is 0 Å². The summed E-state index contributed by atoms with van der Waals surface area (Å²) >= 11 is 6.80. The summed E-state index contributed by atoms with van der Waals surface area (Å²) in [6.45, 7) is 4.01. The highest BCUT2D eigenvalue weighted by Crippen LogP contribution is 2.51. The van der Waals surface area contributed by atoms with Gasteiger partial charge in [-0.1, -0.05) is 0 Å². The van der Waals surface area contributed by atoms with Crippen molar-refractivity contribution in [1.82, 2.24) is 0 Å². The number of fused-ring (bicyclic) bond motifs is 5. The normalized spacial score (nSPS) is 11.4. The predicted octanol–water partition coefficient (Wildman–Crippen LogP) is 5.75. The largest absolute Gasteiger partial charge is 0.192 e. The Kier molecular flexibility index (Phi) is 2.48. The SMILES string of the molecule is Cc1sc2c(sc3c4sc(C)c(C#N)c4sc23)c1C#N. The molecule has 0 aliphatic rings. The summed E-state index contributed by atoms with van der Waals surface area (Å²) < 4.78 is 7.16. The van der Waals surface area contributed by atoms with Gasteiger partial charge in [0.15, 0.2) is 0 Å². The highest BCUT2D eigenvalue weighted by atomic mass is 32.1. The van der Waals surface area contributed by atoms with Crippen LogP contribution >= 0.6 is 45.3 Å². The van der Waals surface area contributed by atoms with Gasteiger partial charge < -0.3 is 0 Å². The lowest BCUT2D eigenvalue weighted by Crippen LogP contribution is -1.68. The van der Waals surface area contributed by atoms with Gasteiger partial charge in [0.25, 0.3) is 0 Å². The van der Waals surface area contributed by atoms with Crippen molar-refractivity contribution in [2.75, 3.05) is 0 Å². The van der Waals surface area contributed by atoms with E-state index >= 15 is 0 Å². The maximum atomic E-state index is 9.29. The van der Waals surface area contributed by atoms with E-state index in [1.54, 1.807) is 45.3 Å². The highest BCUT2D eigenvalue weighted by molar-refractivity contribution is 7.44. The molecular formula is C14H6N2S4. The zero-order valence-corrected chi connectivity index (χ0v) is 13.8. The van der Waals surface area contributed by atoms with E-state index in [0.29, 0.717) is 0 Å². The van der Waals surface area contributed by atoms with Crippen LogP contribution in [0.3, 0.4) is 0 Å². The summed E-state index contributed by atoms with van der Waals surface area (Å²) in [5.41, 5.74) is 1.64. The van der Waals surface area contributed by atoms with Gasteiger partial charge in [-0.3, -0.25) is 0 Å². The third-order valence-electron chi connectivity index (χ3n) is 3.33. The molecule has 0 aliphatic carbocycles. The van der Waals surface area contributed by atoms with Gasteiger partial charge in [-0.15, -0.1) is 45.3 Å². The summed E-state index contributed by atoms with van der Waals surface area (Å²) in [5, 5.41) is 18.6. The van der Waals surface area contributed by atoms with E-state index in [4.69, 9.17) is 0 Å². The van der Waals surface area contributed by atoms with Gasteiger partial charge in [0, 0.05) is 9.75 Å². The van der Waals surface area contributed by atoms with E-state index in [2.05, 4.69) is 12.1 Å². The van der Waals surface area contributed by atoms with E-state index in [0.717, 1.165) is 30.3 Å². The maximum absolute atomic E-state index is 9.29. The van der Waals surface area contributed by atoms with E-state index in [1.165, 1.54) is 18.8 Å². The molecule has 0 N–H and O–H groups in total. The number of nitriles is 2. The smallest absolute Gasteiger partial charge is 0.102 e. The Labute approximate surface area is 130 Å². The van der Waals surface area contributed by atoms with Crippen molar-refractivity contribution < 1.29 is 0 Å². The van der Waals surface area contributed by atoms with Crippen molar-refractivity contribution in [3.05, 3.63) is 20.9 Å². The second kappa shape index (κ2) is 4.03. The first kappa shape index (κ1) is 12.3. The van der Waals surface area contributed by atoms with E-state index < -0.39 is 0 Å². The van der Waals surface area contributed by atoms with Gasteiger partial charge in [-0.2, -0.15) is 10.5 Å². The topological polar surface area (TPSA) is 47.6 Å². The molecule has 4 aromatic heterocycles. The first-order valence-corrected chi connectivity index (χ1v) is 9.10. The van der Waals surface area contributed by atoms with Crippen LogP contribution in [0.1, 0.15) is 20.9 Å². The first-order chi connectivity index (χ1) is 9.65. The molecule has 4 rings (SSSR count). The molecule has 0 radical (unpaired) electrons. The molecule has 0 unspecified atom stereocenters. The second-order valence-corrected chi connectivity index (χ2v) is 8.96. The van der Waals surface area contributed by atoms with Crippen LogP contribution in [0, 0.1) is 36.5 Å². The summed E-state index contributed by atoms with van der Waals surface area (Å²) in [6.07, 6.45) is 0. The van der Waals surface area contributed by atoms with Crippen molar-refractivity contribution in [2.45, 2.75) is 13.8 Å². The molecule has 96 valence electrons. The van der Waals surface area contributed by atoms with Crippen LogP contribution in [0.15, 0.2) is 0 Å². The summed E-state index contributed by atoms with van der Waals surface area (Å²) in [5.74, 6) is 0. The molecule has 0 saturated heterocycles.